The van der Waals surface area contributed by atoms with E-state index in [0.717, 1.165) is 0 Å². The molecule has 0 aromatic rings. The Balaban J connectivity index is 2.58. The zero-order chi connectivity index (χ0) is 9.30. The molecule has 0 spiro atoms. The summed E-state index contributed by atoms with van der Waals surface area (Å²) in [7, 11) is 0. The number of aliphatic hydroxyl groups excluding tert-OH is 5. The minimum Gasteiger partial charge on any atom is -0.394 e. The van der Waals surface area contributed by atoms with Crippen LogP contribution in [-0.2, 0) is 4.74 Å². The summed E-state index contributed by atoms with van der Waals surface area (Å²) in [4.78, 5) is 0. The average Bonchev–Trinajstić information content (AvgIpc) is 2.32. The number of aliphatic hydroxyl groups is 5. The highest BCUT2D eigenvalue weighted by molar-refractivity contribution is 4.89. The molecule has 0 saturated carbocycles. The third-order valence-corrected chi connectivity index (χ3v) is 1.84. The molecule has 0 aliphatic carbocycles. The van der Waals surface area contributed by atoms with E-state index in [1.54, 1.807) is 0 Å². The van der Waals surface area contributed by atoms with Crippen molar-refractivity contribution >= 4 is 0 Å². The largest absolute Gasteiger partial charge is 0.394 e. The van der Waals surface area contributed by atoms with Crippen molar-refractivity contribution in [3.63, 3.8) is 0 Å². The standard InChI is InChI=1S/C6H12O6/c7-1-2(8)5-3(9)4(10)6(11)12-5/h2-11H,1H2/t2?,3-,4?,5+,6?/m0/s1. The highest BCUT2D eigenvalue weighted by atomic mass is 16.6. The van der Waals surface area contributed by atoms with E-state index in [1.165, 1.54) is 0 Å². The van der Waals surface area contributed by atoms with E-state index in [-0.39, 0.29) is 0 Å². The van der Waals surface area contributed by atoms with Crippen LogP contribution in [0.2, 0.25) is 0 Å². The number of hydrogen-bond acceptors (Lipinski definition) is 6. The maximum atomic E-state index is 9.12. The minimum absolute atomic E-state index is 0.596. The van der Waals surface area contributed by atoms with Crippen LogP contribution in [0.3, 0.4) is 0 Å². The Morgan fingerprint density at radius 2 is 1.75 bits per heavy atom. The topological polar surface area (TPSA) is 110 Å². The molecule has 1 fully saturated rings. The molecule has 0 radical (unpaired) electrons. The smallest absolute Gasteiger partial charge is 0.184 e. The second-order valence-electron chi connectivity index (χ2n) is 2.72. The third kappa shape index (κ3) is 1.58. The molecule has 0 aromatic heterocycles. The van der Waals surface area contributed by atoms with E-state index < -0.39 is 37.3 Å². The highest BCUT2D eigenvalue weighted by Crippen LogP contribution is 2.21. The van der Waals surface area contributed by atoms with Gasteiger partial charge < -0.3 is 30.3 Å². The van der Waals surface area contributed by atoms with Gasteiger partial charge in [0.1, 0.15) is 24.4 Å². The van der Waals surface area contributed by atoms with Crippen LogP contribution in [0.15, 0.2) is 0 Å². The van der Waals surface area contributed by atoms with Crippen LogP contribution in [-0.4, -0.2) is 62.8 Å². The van der Waals surface area contributed by atoms with E-state index in [9.17, 15) is 0 Å². The first-order chi connectivity index (χ1) is 5.57. The lowest BCUT2D eigenvalue weighted by Crippen LogP contribution is -2.40. The summed E-state index contributed by atoms with van der Waals surface area (Å²) in [6.07, 6.45) is -6.75. The first kappa shape index (κ1) is 9.85. The summed E-state index contributed by atoms with van der Waals surface area (Å²) in [6.45, 7) is -0.596. The van der Waals surface area contributed by atoms with Crippen molar-refractivity contribution in [3.05, 3.63) is 0 Å². The van der Waals surface area contributed by atoms with Crippen molar-refractivity contribution in [3.8, 4) is 0 Å². The van der Waals surface area contributed by atoms with Crippen LogP contribution in [0.5, 0.6) is 0 Å². The fraction of sp³-hybridized carbons (Fsp3) is 1.00. The van der Waals surface area contributed by atoms with Crippen LogP contribution in [0, 0.1) is 0 Å². The van der Waals surface area contributed by atoms with Gasteiger partial charge >= 0.3 is 0 Å². The normalized spacial score (nSPS) is 44.8. The predicted octanol–water partition coefficient (Wildman–Crippen LogP) is -3.22. The van der Waals surface area contributed by atoms with Crippen LogP contribution < -0.4 is 0 Å². The first-order valence-corrected chi connectivity index (χ1v) is 3.56. The van der Waals surface area contributed by atoms with Gasteiger partial charge in [-0.25, -0.2) is 0 Å². The van der Waals surface area contributed by atoms with Gasteiger partial charge in [-0.15, -0.1) is 0 Å². The Hall–Kier alpha value is -0.240. The minimum atomic E-state index is -1.51. The van der Waals surface area contributed by atoms with Crippen LogP contribution in [0.4, 0.5) is 0 Å². The highest BCUT2D eigenvalue weighted by Gasteiger charge is 2.44. The molecule has 1 saturated heterocycles. The molecule has 0 bridgehead atoms. The maximum absolute atomic E-state index is 9.12. The predicted molar refractivity (Wildman–Crippen MR) is 36.0 cm³/mol. The summed E-state index contributed by atoms with van der Waals surface area (Å²) in [5, 5.41) is 44.4. The summed E-state index contributed by atoms with van der Waals surface area (Å²) in [5.74, 6) is 0. The SMILES string of the molecule is OCC(O)[C@H]1OC(O)C(O)[C@@H]1O. The lowest BCUT2D eigenvalue weighted by Gasteiger charge is -2.18. The molecule has 1 rings (SSSR count). The quantitative estimate of drug-likeness (QED) is 0.306. The molecule has 3 unspecified atom stereocenters. The summed E-state index contributed by atoms with van der Waals surface area (Å²) < 4.78 is 4.58. The number of hydrogen-bond donors (Lipinski definition) is 5. The van der Waals surface area contributed by atoms with Gasteiger partial charge in [0.05, 0.1) is 6.61 Å². The van der Waals surface area contributed by atoms with E-state index in [0.29, 0.717) is 0 Å². The molecular formula is C6H12O6. The zero-order valence-corrected chi connectivity index (χ0v) is 6.24. The Morgan fingerprint density at radius 3 is 2.08 bits per heavy atom. The lowest BCUT2D eigenvalue weighted by molar-refractivity contribution is -0.150. The molecule has 1 heterocycles. The Morgan fingerprint density at radius 1 is 1.17 bits per heavy atom. The van der Waals surface area contributed by atoms with E-state index in [4.69, 9.17) is 25.5 Å². The maximum Gasteiger partial charge on any atom is 0.184 e. The van der Waals surface area contributed by atoms with Gasteiger partial charge in [-0.3, -0.25) is 0 Å². The first-order valence-electron chi connectivity index (χ1n) is 3.56. The van der Waals surface area contributed by atoms with Crippen LogP contribution in [0.1, 0.15) is 0 Å². The van der Waals surface area contributed by atoms with E-state index >= 15 is 0 Å². The van der Waals surface area contributed by atoms with Crippen molar-refractivity contribution in [1.29, 1.82) is 0 Å². The van der Waals surface area contributed by atoms with Crippen LogP contribution >= 0.6 is 0 Å². The van der Waals surface area contributed by atoms with Crippen molar-refractivity contribution in [2.45, 2.75) is 30.7 Å². The Kier molecular flexibility index (Phi) is 2.99. The van der Waals surface area contributed by atoms with Gasteiger partial charge in [0.15, 0.2) is 6.29 Å². The Labute approximate surface area is 68.6 Å². The van der Waals surface area contributed by atoms with Gasteiger partial charge in [-0.05, 0) is 0 Å². The van der Waals surface area contributed by atoms with E-state index in [1.807, 2.05) is 0 Å². The van der Waals surface area contributed by atoms with Crippen molar-refractivity contribution in [2.24, 2.45) is 0 Å². The molecular weight excluding hydrogens is 168 g/mol. The third-order valence-electron chi connectivity index (χ3n) is 1.84. The molecule has 12 heavy (non-hydrogen) atoms. The second kappa shape index (κ2) is 3.65. The van der Waals surface area contributed by atoms with Gasteiger partial charge in [0, 0.05) is 0 Å². The van der Waals surface area contributed by atoms with Gasteiger partial charge in [0.2, 0.25) is 0 Å². The molecule has 5 atom stereocenters. The molecule has 72 valence electrons. The molecule has 0 amide bonds. The molecule has 6 heteroatoms. The number of ether oxygens (including phenoxy) is 1. The molecule has 1 aliphatic rings. The zero-order valence-electron chi connectivity index (χ0n) is 6.24. The molecule has 5 N–H and O–H groups in total. The fourth-order valence-electron chi connectivity index (χ4n) is 1.11. The van der Waals surface area contributed by atoms with Gasteiger partial charge in [-0.1, -0.05) is 0 Å². The van der Waals surface area contributed by atoms with Gasteiger partial charge in [-0.2, -0.15) is 0 Å². The molecule has 0 aromatic carbocycles. The summed E-state index contributed by atoms with van der Waals surface area (Å²) in [5.41, 5.74) is 0. The Bertz CT molecular complexity index is 151. The average molecular weight is 180 g/mol. The fourth-order valence-corrected chi connectivity index (χ4v) is 1.11. The lowest BCUT2D eigenvalue weighted by atomic mass is 10.1. The summed E-state index contributed by atoms with van der Waals surface area (Å²) in [6, 6.07) is 0. The van der Waals surface area contributed by atoms with E-state index in [2.05, 4.69) is 4.74 Å². The molecule has 1 aliphatic heterocycles. The van der Waals surface area contributed by atoms with Crippen molar-refractivity contribution < 1.29 is 30.3 Å². The number of rotatable bonds is 2. The van der Waals surface area contributed by atoms with Crippen LogP contribution in [0.25, 0.3) is 0 Å². The van der Waals surface area contributed by atoms with Crippen molar-refractivity contribution in [2.75, 3.05) is 6.61 Å². The second-order valence-corrected chi connectivity index (χ2v) is 2.72. The monoisotopic (exact) mass is 180 g/mol. The summed E-state index contributed by atoms with van der Waals surface area (Å²) >= 11 is 0. The molecule has 6 nitrogen and oxygen atoms in total. The van der Waals surface area contributed by atoms with Gasteiger partial charge in [0.25, 0.3) is 0 Å². The van der Waals surface area contributed by atoms with Crippen molar-refractivity contribution in [1.82, 2.24) is 0 Å².